The van der Waals surface area contributed by atoms with Gasteiger partial charge in [0.25, 0.3) is 5.91 Å². The fourth-order valence-electron chi connectivity index (χ4n) is 1.76. The van der Waals surface area contributed by atoms with Crippen LogP contribution in [0.2, 0.25) is 0 Å². The van der Waals surface area contributed by atoms with Gasteiger partial charge in [-0.2, -0.15) is 0 Å². The van der Waals surface area contributed by atoms with Crippen LogP contribution in [0.1, 0.15) is 12.5 Å². The van der Waals surface area contributed by atoms with Crippen LogP contribution in [0.3, 0.4) is 0 Å². The number of ether oxygens (including phenoxy) is 2. The molecule has 0 aliphatic heterocycles. The predicted octanol–water partition coefficient (Wildman–Crippen LogP) is 1.54. The molecule has 5 heteroatoms. The third kappa shape index (κ3) is 3.79. The number of aryl methyl sites for hydroxylation is 1. The number of benzene rings is 1. The van der Waals surface area contributed by atoms with Crippen molar-refractivity contribution in [2.24, 2.45) is 0 Å². The van der Waals surface area contributed by atoms with E-state index < -0.39 is 12.0 Å². The quantitative estimate of drug-likeness (QED) is 0.758. The molecule has 1 aromatic carbocycles. The number of methoxy groups -OCH3 is 2. The van der Waals surface area contributed by atoms with Crippen LogP contribution in [0.15, 0.2) is 24.3 Å². The monoisotopic (exact) mass is 265 g/mol. The zero-order valence-electron chi connectivity index (χ0n) is 11.7. The maximum Gasteiger partial charge on any atom is 0.328 e. The average Bonchev–Trinajstić information content (AvgIpc) is 2.40. The molecule has 0 spiro atoms. The van der Waals surface area contributed by atoms with E-state index in [0.717, 1.165) is 5.56 Å². The second kappa shape index (κ2) is 6.89. The average molecular weight is 265 g/mol. The van der Waals surface area contributed by atoms with Crippen molar-refractivity contribution in [3.63, 3.8) is 0 Å². The van der Waals surface area contributed by atoms with Crippen molar-refractivity contribution in [2.45, 2.75) is 19.9 Å². The van der Waals surface area contributed by atoms with Gasteiger partial charge in [0.1, 0.15) is 12.6 Å². The van der Waals surface area contributed by atoms with Crippen LogP contribution in [-0.2, 0) is 19.1 Å². The Bertz CT molecular complexity index is 441. The Hall–Kier alpha value is -1.88. The molecule has 0 saturated heterocycles. The number of hydrogen-bond acceptors (Lipinski definition) is 4. The summed E-state index contributed by atoms with van der Waals surface area (Å²) >= 11 is 0. The first-order chi connectivity index (χ1) is 9.01. The molecule has 1 amide bonds. The van der Waals surface area contributed by atoms with Crippen LogP contribution in [0.4, 0.5) is 5.69 Å². The number of nitrogens with zero attached hydrogens (tertiary/aromatic N) is 1. The van der Waals surface area contributed by atoms with Crippen molar-refractivity contribution in [3.8, 4) is 0 Å². The van der Waals surface area contributed by atoms with Gasteiger partial charge in [0.05, 0.1) is 7.11 Å². The molecule has 1 atom stereocenters. The van der Waals surface area contributed by atoms with Gasteiger partial charge in [-0.3, -0.25) is 9.69 Å². The summed E-state index contributed by atoms with van der Waals surface area (Å²) in [6.07, 6.45) is 0. The molecule has 0 bridgehead atoms. The Labute approximate surface area is 113 Å². The second-order valence-corrected chi connectivity index (χ2v) is 4.23. The highest BCUT2D eigenvalue weighted by Gasteiger charge is 2.27. The Morgan fingerprint density at radius 2 is 1.79 bits per heavy atom. The molecule has 0 unspecified atom stereocenters. The van der Waals surface area contributed by atoms with E-state index in [1.807, 2.05) is 19.1 Å². The summed E-state index contributed by atoms with van der Waals surface area (Å²) in [6, 6.07) is 6.65. The SMILES string of the molecule is COCC(=O)N(c1ccc(C)cc1)[C@H](C)C(=O)OC. The minimum Gasteiger partial charge on any atom is -0.467 e. The van der Waals surface area contributed by atoms with Crippen LogP contribution < -0.4 is 4.90 Å². The number of hydrogen-bond donors (Lipinski definition) is 0. The third-order valence-corrected chi connectivity index (χ3v) is 2.78. The molecule has 1 aromatic rings. The van der Waals surface area contributed by atoms with Gasteiger partial charge in [-0.25, -0.2) is 4.79 Å². The van der Waals surface area contributed by atoms with Gasteiger partial charge in [0.15, 0.2) is 0 Å². The first-order valence-corrected chi connectivity index (χ1v) is 5.96. The molecule has 0 aromatic heterocycles. The zero-order chi connectivity index (χ0) is 14.4. The maximum absolute atomic E-state index is 12.1. The number of carbonyl (C=O) groups excluding carboxylic acids is 2. The number of amides is 1. The first kappa shape index (κ1) is 15.2. The summed E-state index contributed by atoms with van der Waals surface area (Å²) < 4.78 is 9.54. The predicted molar refractivity (Wildman–Crippen MR) is 72.0 cm³/mol. The molecule has 5 nitrogen and oxygen atoms in total. The highest BCUT2D eigenvalue weighted by molar-refractivity contribution is 5.99. The molecule has 0 saturated carbocycles. The Kier molecular flexibility index (Phi) is 5.51. The highest BCUT2D eigenvalue weighted by atomic mass is 16.5. The summed E-state index contributed by atoms with van der Waals surface area (Å²) in [7, 11) is 2.74. The normalized spacial score (nSPS) is 11.8. The van der Waals surface area contributed by atoms with Crippen molar-refractivity contribution in [1.82, 2.24) is 0 Å². The smallest absolute Gasteiger partial charge is 0.328 e. The van der Waals surface area contributed by atoms with Crippen LogP contribution in [0.25, 0.3) is 0 Å². The number of carbonyl (C=O) groups is 2. The van der Waals surface area contributed by atoms with Crippen LogP contribution in [0, 0.1) is 6.92 Å². The van der Waals surface area contributed by atoms with E-state index in [4.69, 9.17) is 9.47 Å². The van der Waals surface area contributed by atoms with E-state index in [0.29, 0.717) is 5.69 Å². The minimum atomic E-state index is -0.699. The van der Waals surface area contributed by atoms with E-state index in [9.17, 15) is 9.59 Å². The van der Waals surface area contributed by atoms with Gasteiger partial charge in [-0.15, -0.1) is 0 Å². The lowest BCUT2D eigenvalue weighted by molar-refractivity contribution is -0.143. The van der Waals surface area contributed by atoms with E-state index in [1.54, 1.807) is 19.1 Å². The van der Waals surface area contributed by atoms with Gasteiger partial charge in [-0.05, 0) is 26.0 Å². The van der Waals surface area contributed by atoms with Crippen molar-refractivity contribution in [3.05, 3.63) is 29.8 Å². The molecule has 0 fully saturated rings. The molecular formula is C14H19NO4. The lowest BCUT2D eigenvalue weighted by Crippen LogP contribution is -2.45. The fourth-order valence-corrected chi connectivity index (χ4v) is 1.76. The van der Waals surface area contributed by atoms with E-state index in [-0.39, 0.29) is 12.5 Å². The largest absolute Gasteiger partial charge is 0.467 e. The summed E-state index contributed by atoms with van der Waals surface area (Å²) in [6.45, 7) is 3.49. The second-order valence-electron chi connectivity index (χ2n) is 4.23. The van der Waals surface area contributed by atoms with Gasteiger partial charge in [0.2, 0.25) is 0 Å². The number of esters is 1. The summed E-state index contributed by atoms with van der Waals surface area (Å²) in [4.78, 5) is 25.1. The van der Waals surface area contributed by atoms with Crippen molar-refractivity contribution >= 4 is 17.6 Å². The van der Waals surface area contributed by atoms with E-state index >= 15 is 0 Å². The van der Waals surface area contributed by atoms with E-state index in [1.165, 1.54) is 19.1 Å². The Morgan fingerprint density at radius 3 is 2.26 bits per heavy atom. The molecule has 19 heavy (non-hydrogen) atoms. The molecule has 0 N–H and O–H groups in total. The fraction of sp³-hybridized carbons (Fsp3) is 0.429. The molecule has 104 valence electrons. The van der Waals surface area contributed by atoms with Crippen LogP contribution in [-0.4, -0.2) is 38.7 Å². The lowest BCUT2D eigenvalue weighted by atomic mass is 10.1. The van der Waals surface area contributed by atoms with Gasteiger partial charge in [0, 0.05) is 12.8 Å². The third-order valence-electron chi connectivity index (χ3n) is 2.78. The van der Waals surface area contributed by atoms with Crippen LogP contribution >= 0.6 is 0 Å². The topological polar surface area (TPSA) is 55.8 Å². The summed E-state index contributed by atoms with van der Waals surface area (Å²) in [5.41, 5.74) is 1.72. The van der Waals surface area contributed by atoms with Crippen molar-refractivity contribution in [1.29, 1.82) is 0 Å². The molecule has 1 rings (SSSR count). The maximum atomic E-state index is 12.1. The summed E-state index contributed by atoms with van der Waals surface area (Å²) in [5, 5.41) is 0. The lowest BCUT2D eigenvalue weighted by Gasteiger charge is -2.27. The van der Waals surface area contributed by atoms with E-state index in [2.05, 4.69) is 0 Å². The summed E-state index contributed by atoms with van der Waals surface area (Å²) in [5.74, 6) is -0.755. The zero-order valence-corrected chi connectivity index (χ0v) is 11.7. The first-order valence-electron chi connectivity index (χ1n) is 5.96. The van der Waals surface area contributed by atoms with Gasteiger partial charge < -0.3 is 9.47 Å². The Balaban J connectivity index is 3.08. The highest BCUT2D eigenvalue weighted by Crippen LogP contribution is 2.19. The van der Waals surface area contributed by atoms with Gasteiger partial charge in [-0.1, -0.05) is 17.7 Å². The number of rotatable bonds is 5. The Morgan fingerprint density at radius 1 is 1.21 bits per heavy atom. The standard InChI is InChI=1S/C14H19NO4/c1-10-5-7-12(8-6-10)15(13(16)9-18-3)11(2)14(17)19-4/h5-8,11H,9H2,1-4H3/t11-/m1/s1. The molecule has 0 aliphatic rings. The van der Waals surface area contributed by atoms with Crippen molar-refractivity contribution in [2.75, 3.05) is 25.7 Å². The number of anilines is 1. The van der Waals surface area contributed by atoms with Crippen molar-refractivity contribution < 1.29 is 19.1 Å². The van der Waals surface area contributed by atoms with Crippen LogP contribution in [0.5, 0.6) is 0 Å². The molecular weight excluding hydrogens is 246 g/mol. The molecule has 0 aliphatic carbocycles. The van der Waals surface area contributed by atoms with Gasteiger partial charge >= 0.3 is 5.97 Å². The molecule has 0 heterocycles. The minimum absolute atomic E-state index is 0.0881. The molecule has 0 radical (unpaired) electrons.